The molecule has 0 aliphatic rings. The number of nitrogens with one attached hydrogen (secondary N) is 1. The number of aliphatic carboxylic acids is 1. The highest BCUT2D eigenvalue weighted by atomic mass is 35.5. The number of halogens is 2. The highest BCUT2D eigenvalue weighted by Crippen LogP contribution is 2.14. The van der Waals surface area contributed by atoms with Crippen molar-refractivity contribution in [2.45, 2.75) is 19.3 Å². The van der Waals surface area contributed by atoms with Gasteiger partial charge in [-0.05, 0) is 18.9 Å². The number of unbranched alkanes of at least 4 members (excludes halogenated alkanes) is 1. The fraction of sp³-hybridized carbons (Fsp3) is 0.400. The summed E-state index contributed by atoms with van der Waals surface area (Å²) in [7, 11) is 0. The van der Waals surface area contributed by atoms with Crippen molar-refractivity contribution in [1.29, 1.82) is 0 Å². The maximum Gasteiger partial charge on any atom is 0.303 e. The van der Waals surface area contributed by atoms with Crippen LogP contribution in [0, 0.1) is 0 Å². The Hall–Kier alpha value is -1.40. The maximum atomic E-state index is 11.7. The van der Waals surface area contributed by atoms with Gasteiger partial charge in [-0.2, -0.15) is 0 Å². The summed E-state index contributed by atoms with van der Waals surface area (Å²) in [6, 6.07) is 1.32. The monoisotopic (exact) mass is 291 g/mol. The SMILES string of the molecule is O=C(O)CCCCNC(=O)c1cc(Cl)nnc1Cl. The van der Waals surface area contributed by atoms with E-state index in [1.807, 2.05) is 0 Å². The van der Waals surface area contributed by atoms with Crippen LogP contribution in [0.2, 0.25) is 10.3 Å². The van der Waals surface area contributed by atoms with E-state index in [2.05, 4.69) is 15.5 Å². The van der Waals surface area contributed by atoms with E-state index in [9.17, 15) is 9.59 Å². The van der Waals surface area contributed by atoms with Crippen LogP contribution in [0.15, 0.2) is 6.07 Å². The lowest BCUT2D eigenvalue weighted by molar-refractivity contribution is -0.137. The second-order valence-electron chi connectivity index (χ2n) is 3.48. The zero-order valence-electron chi connectivity index (χ0n) is 9.32. The van der Waals surface area contributed by atoms with Crippen molar-refractivity contribution in [3.63, 3.8) is 0 Å². The lowest BCUT2D eigenvalue weighted by atomic mass is 10.2. The molecule has 1 rings (SSSR count). The molecule has 0 radical (unpaired) electrons. The van der Waals surface area contributed by atoms with Gasteiger partial charge in [0.2, 0.25) is 0 Å². The van der Waals surface area contributed by atoms with Crippen LogP contribution in [0.1, 0.15) is 29.6 Å². The van der Waals surface area contributed by atoms with Gasteiger partial charge >= 0.3 is 5.97 Å². The molecular weight excluding hydrogens is 281 g/mol. The van der Waals surface area contributed by atoms with E-state index in [-0.39, 0.29) is 22.3 Å². The number of carboxylic acids is 1. The quantitative estimate of drug-likeness (QED) is 0.779. The summed E-state index contributed by atoms with van der Waals surface area (Å²) < 4.78 is 0. The van der Waals surface area contributed by atoms with Crippen molar-refractivity contribution in [3.8, 4) is 0 Å². The fourth-order valence-corrected chi connectivity index (χ4v) is 1.54. The Morgan fingerprint density at radius 1 is 1.28 bits per heavy atom. The molecule has 1 aromatic rings. The van der Waals surface area contributed by atoms with Gasteiger partial charge in [0.25, 0.3) is 5.91 Å². The van der Waals surface area contributed by atoms with Crippen LogP contribution in [0.3, 0.4) is 0 Å². The largest absolute Gasteiger partial charge is 0.481 e. The number of amides is 1. The van der Waals surface area contributed by atoms with Crippen LogP contribution in [0.25, 0.3) is 0 Å². The molecule has 0 saturated carbocycles. The Bertz CT molecular complexity index is 454. The average molecular weight is 292 g/mol. The molecular formula is C10H11Cl2N3O3. The third-order valence-electron chi connectivity index (χ3n) is 2.07. The number of carbonyl (C=O) groups excluding carboxylic acids is 1. The number of nitrogens with zero attached hydrogens (tertiary/aromatic N) is 2. The zero-order chi connectivity index (χ0) is 13.5. The van der Waals surface area contributed by atoms with Gasteiger partial charge in [-0.1, -0.05) is 23.2 Å². The summed E-state index contributed by atoms with van der Waals surface area (Å²) in [5.41, 5.74) is 0.148. The van der Waals surface area contributed by atoms with Gasteiger partial charge in [0, 0.05) is 13.0 Å². The first-order valence-electron chi connectivity index (χ1n) is 5.19. The second kappa shape index (κ2) is 7.13. The highest BCUT2D eigenvalue weighted by Gasteiger charge is 2.12. The summed E-state index contributed by atoms with van der Waals surface area (Å²) in [5.74, 6) is -1.26. The number of aromatic nitrogens is 2. The Morgan fingerprint density at radius 2 is 2.00 bits per heavy atom. The molecule has 2 N–H and O–H groups in total. The van der Waals surface area contributed by atoms with Gasteiger partial charge in [0.05, 0.1) is 5.56 Å². The molecule has 0 unspecified atom stereocenters. The molecule has 6 nitrogen and oxygen atoms in total. The van der Waals surface area contributed by atoms with E-state index in [4.69, 9.17) is 28.3 Å². The van der Waals surface area contributed by atoms with Crippen LogP contribution in [0.5, 0.6) is 0 Å². The molecule has 1 heterocycles. The van der Waals surface area contributed by atoms with E-state index in [0.717, 1.165) is 0 Å². The summed E-state index contributed by atoms with van der Waals surface area (Å²) in [6.07, 6.45) is 1.15. The normalized spacial score (nSPS) is 10.1. The predicted molar refractivity (Wildman–Crippen MR) is 65.9 cm³/mol. The smallest absolute Gasteiger partial charge is 0.303 e. The predicted octanol–water partition coefficient (Wildman–Crippen LogP) is 1.77. The van der Waals surface area contributed by atoms with E-state index >= 15 is 0 Å². The van der Waals surface area contributed by atoms with Gasteiger partial charge in [-0.25, -0.2) is 0 Å². The molecule has 0 spiro atoms. The van der Waals surface area contributed by atoms with Crippen LogP contribution in [-0.4, -0.2) is 33.7 Å². The minimum absolute atomic E-state index is 0.0255. The maximum absolute atomic E-state index is 11.7. The van der Waals surface area contributed by atoms with Crippen molar-refractivity contribution in [3.05, 3.63) is 21.9 Å². The van der Waals surface area contributed by atoms with Crippen LogP contribution in [-0.2, 0) is 4.79 Å². The number of hydrogen-bond donors (Lipinski definition) is 2. The van der Waals surface area contributed by atoms with E-state index in [1.54, 1.807) is 0 Å². The number of hydrogen-bond acceptors (Lipinski definition) is 4. The third kappa shape index (κ3) is 4.85. The van der Waals surface area contributed by atoms with E-state index < -0.39 is 11.9 Å². The molecule has 0 atom stereocenters. The van der Waals surface area contributed by atoms with Crippen molar-refractivity contribution >= 4 is 35.1 Å². The molecule has 1 aromatic heterocycles. The highest BCUT2D eigenvalue weighted by molar-refractivity contribution is 6.34. The molecule has 8 heteroatoms. The van der Waals surface area contributed by atoms with E-state index in [1.165, 1.54) is 6.07 Å². The molecule has 18 heavy (non-hydrogen) atoms. The van der Waals surface area contributed by atoms with Crippen molar-refractivity contribution < 1.29 is 14.7 Å². The van der Waals surface area contributed by atoms with Gasteiger partial charge in [0.15, 0.2) is 10.3 Å². The molecule has 0 aromatic carbocycles. The van der Waals surface area contributed by atoms with Gasteiger partial charge < -0.3 is 10.4 Å². The van der Waals surface area contributed by atoms with Gasteiger partial charge in [0.1, 0.15) is 0 Å². The minimum atomic E-state index is -0.852. The first kappa shape index (κ1) is 14.7. The van der Waals surface area contributed by atoms with Crippen molar-refractivity contribution in [1.82, 2.24) is 15.5 Å². The number of carboxylic acid groups (broad SMARTS) is 1. The topological polar surface area (TPSA) is 92.2 Å². The van der Waals surface area contributed by atoms with Crippen LogP contribution in [0.4, 0.5) is 0 Å². The molecule has 0 aliphatic heterocycles. The molecule has 1 amide bonds. The zero-order valence-corrected chi connectivity index (χ0v) is 10.8. The average Bonchev–Trinajstić information content (AvgIpc) is 2.31. The standard InChI is InChI=1S/C10H11Cl2N3O3/c11-7-5-6(9(12)15-14-7)10(18)13-4-2-1-3-8(16)17/h5H,1-4H2,(H,13,18)(H,16,17). The number of carbonyl (C=O) groups is 2. The minimum Gasteiger partial charge on any atom is -0.481 e. The van der Waals surface area contributed by atoms with E-state index in [0.29, 0.717) is 19.4 Å². The summed E-state index contributed by atoms with van der Waals surface area (Å²) in [4.78, 5) is 21.9. The summed E-state index contributed by atoms with van der Waals surface area (Å²) in [6.45, 7) is 0.363. The lowest BCUT2D eigenvalue weighted by Gasteiger charge is -2.05. The third-order valence-corrected chi connectivity index (χ3v) is 2.53. The Kier molecular flexibility index (Phi) is 5.80. The second-order valence-corrected chi connectivity index (χ2v) is 4.22. The molecule has 0 bridgehead atoms. The fourth-order valence-electron chi connectivity index (χ4n) is 1.21. The first-order chi connectivity index (χ1) is 8.50. The number of rotatable bonds is 6. The van der Waals surface area contributed by atoms with Crippen molar-refractivity contribution in [2.75, 3.05) is 6.54 Å². The van der Waals surface area contributed by atoms with Crippen molar-refractivity contribution in [2.24, 2.45) is 0 Å². The van der Waals surface area contributed by atoms with Crippen LogP contribution < -0.4 is 5.32 Å². The first-order valence-corrected chi connectivity index (χ1v) is 5.95. The van der Waals surface area contributed by atoms with Gasteiger partial charge in [-0.3, -0.25) is 9.59 Å². The Balaban J connectivity index is 2.41. The summed E-state index contributed by atoms with van der Waals surface area (Å²) >= 11 is 11.3. The lowest BCUT2D eigenvalue weighted by Crippen LogP contribution is -2.25. The van der Waals surface area contributed by atoms with Gasteiger partial charge in [-0.15, -0.1) is 10.2 Å². The summed E-state index contributed by atoms with van der Waals surface area (Å²) in [5, 5.41) is 18.1. The van der Waals surface area contributed by atoms with Crippen LogP contribution >= 0.6 is 23.2 Å². The Labute approximate surface area is 113 Å². The molecule has 0 fully saturated rings. The Morgan fingerprint density at radius 3 is 2.67 bits per heavy atom. The molecule has 0 aliphatic carbocycles. The molecule has 0 saturated heterocycles. The molecule has 98 valence electrons.